The third kappa shape index (κ3) is 7.01. The molecule has 4 heterocycles. The van der Waals surface area contributed by atoms with Crippen LogP contribution in [-0.4, -0.2) is 65.7 Å². The zero-order chi connectivity index (χ0) is 26.9. The van der Waals surface area contributed by atoms with Gasteiger partial charge in [0.25, 0.3) is 5.92 Å². The molecule has 2 atom stereocenters. The molecule has 2 fully saturated rings. The lowest BCUT2D eigenvalue weighted by atomic mass is 9.84. The Labute approximate surface area is 235 Å². The Morgan fingerprint density at radius 2 is 1.97 bits per heavy atom. The molecule has 0 radical (unpaired) electrons. The van der Waals surface area contributed by atoms with Crippen molar-refractivity contribution in [1.29, 1.82) is 0 Å². The first-order valence-electron chi connectivity index (χ1n) is 13.9. The molecule has 1 aromatic carbocycles. The Kier molecular flexibility index (Phi) is 9.37. The number of fused-ring (bicyclic) bond motifs is 1. The van der Waals surface area contributed by atoms with E-state index in [0.29, 0.717) is 37.4 Å². The lowest BCUT2D eigenvalue weighted by molar-refractivity contribution is -0.134. The number of alkyl halides is 2. The van der Waals surface area contributed by atoms with Gasteiger partial charge >= 0.3 is 6.01 Å². The first kappa shape index (κ1) is 29.5. The van der Waals surface area contributed by atoms with Gasteiger partial charge in [-0.2, -0.15) is 4.98 Å². The number of amides is 1. The summed E-state index contributed by atoms with van der Waals surface area (Å²) in [5, 5.41) is 7.32. The van der Waals surface area contributed by atoms with Crippen molar-refractivity contribution in [3.05, 3.63) is 35.2 Å². The highest BCUT2D eigenvalue weighted by molar-refractivity contribution is 5.85. The molecule has 8 nitrogen and oxygen atoms in total. The number of hydrogen-bond acceptors (Lipinski definition) is 7. The number of piperidine rings is 1. The van der Waals surface area contributed by atoms with E-state index >= 15 is 0 Å². The number of likely N-dealkylation sites (tertiary alicyclic amines) is 1. The average molecular weight is 568 g/mol. The Hall–Kier alpha value is -2.46. The third-order valence-electron chi connectivity index (χ3n) is 8.32. The van der Waals surface area contributed by atoms with Gasteiger partial charge in [-0.3, -0.25) is 4.79 Å². The van der Waals surface area contributed by atoms with Gasteiger partial charge in [-0.25, -0.2) is 8.78 Å². The van der Waals surface area contributed by atoms with Gasteiger partial charge in [0.15, 0.2) is 5.82 Å². The van der Waals surface area contributed by atoms with Crippen LogP contribution in [-0.2, 0) is 17.8 Å². The Bertz CT molecular complexity index is 1120. The van der Waals surface area contributed by atoms with Crippen LogP contribution in [0.4, 0.5) is 14.8 Å². The Morgan fingerprint density at radius 3 is 2.64 bits per heavy atom. The largest absolute Gasteiger partial charge is 0.494 e. The summed E-state index contributed by atoms with van der Waals surface area (Å²) in [6.45, 7) is 9.11. The van der Waals surface area contributed by atoms with E-state index in [1.54, 1.807) is 0 Å². The number of ether oxygens (including phenoxy) is 1. The minimum absolute atomic E-state index is 0. The number of anilines is 1. The van der Waals surface area contributed by atoms with Gasteiger partial charge in [0.1, 0.15) is 5.75 Å². The quantitative estimate of drug-likeness (QED) is 0.490. The highest BCUT2D eigenvalue weighted by Gasteiger charge is 2.42. The second kappa shape index (κ2) is 12.4. The zero-order valence-electron chi connectivity index (χ0n) is 23.0. The van der Waals surface area contributed by atoms with Crippen LogP contribution in [0.1, 0.15) is 69.3 Å². The maximum Gasteiger partial charge on any atom is 0.324 e. The summed E-state index contributed by atoms with van der Waals surface area (Å²) in [4.78, 5) is 20.7. The number of benzene rings is 1. The summed E-state index contributed by atoms with van der Waals surface area (Å²) >= 11 is 0. The number of halogens is 3. The second-order valence-corrected chi connectivity index (χ2v) is 11.5. The standard InChI is InChI=1S/C28H39F2N5O3.ClH/c1-18(2)25-32-27(38-33-25)34-10-6-20(7-11-34)19(3)8-13-37-23-5-4-21-15-24(31-16-22(21)14-23)26(36)35-12-9-28(29,30)17-35;/h4-5,14,18-20,24,31H,6-13,15-17H2,1-3H3;1H. The van der Waals surface area contributed by atoms with Crippen LogP contribution < -0.4 is 15.0 Å². The number of carbonyl (C=O) groups excluding carboxylic acids is 1. The van der Waals surface area contributed by atoms with Crippen LogP contribution in [0.5, 0.6) is 5.75 Å². The van der Waals surface area contributed by atoms with E-state index in [0.717, 1.165) is 55.1 Å². The molecule has 216 valence electrons. The van der Waals surface area contributed by atoms with Crippen LogP contribution in [0.3, 0.4) is 0 Å². The van der Waals surface area contributed by atoms with Crippen molar-refractivity contribution < 1.29 is 22.8 Å². The second-order valence-electron chi connectivity index (χ2n) is 11.5. The van der Waals surface area contributed by atoms with E-state index in [-0.39, 0.29) is 37.2 Å². The minimum Gasteiger partial charge on any atom is -0.494 e. The lowest BCUT2D eigenvalue weighted by Gasteiger charge is -2.33. The molecule has 39 heavy (non-hydrogen) atoms. The van der Waals surface area contributed by atoms with E-state index in [1.807, 2.05) is 18.2 Å². The van der Waals surface area contributed by atoms with E-state index in [2.05, 4.69) is 41.1 Å². The van der Waals surface area contributed by atoms with Crippen molar-refractivity contribution in [2.45, 2.75) is 77.3 Å². The third-order valence-corrected chi connectivity index (χ3v) is 8.32. The molecule has 2 unspecified atom stereocenters. The van der Waals surface area contributed by atoms with Crippen LogP contribution in [0.15, 0.2) is 22.7 Å². The van der Waals surface area contributed by atoms with Crippen LogP contribution in [0, 0.1) is 11.8 Å². The molecule has 11 heteroatoms. The topological polar surface area (TPSA) is 83.7 Å². The maximum atomic E-state index is 13.5. The van der Waals surface area contributed by atoms with Crippen molar-refractivity contribution >= 4 is 24.3 Å². The molecule has 1 amide bonds. The van der Waals surface area contributed by atoms with Crippen LogP contribution in [0.25, 0.3) is 0 Å². The van der Waals surface area contributed by atoms with Crippen molar-refractivity contribution in [2.24, 2.45) is 11.8 Å². The molecule has 0 spiro atoms. The molecule has 0 aliphatic carbocycles. The molecule has 0 bridgehead atoms. The Balaban J connectivity index is 0.00000353. The predicted molar refractivity (Wildman–Crippen MR) is 147 cm³/mol. The van der Waals surface area contributed by atoms with E-state index in [1.165, 1.54) is 4.90 Å². The van der Waals surface area contributed by atoms with Gasteiger partial charge < -0.3 is 24.4 Å². The SMILES string of the molecule is CC(C)c1noc(N2CCC(C(C)CCOc3ccc4c(c3)CNC(C(=O)N3CCC(F)(F)C3)C4)CC2)n1.Cl. The van der Waals surface area contributed by atoms with E-state index < -0.39 is 18.5 Å². The molecule has 1 N–H and O–H groups in total. The monoisotopic (exact) mass is 567 g/mol. The van der Waals surface area contributed by atoms with Crippen LogP contribution in [0.2, 0.25) is 0 Å². The average Bonchev–Trinajstić information content (AvgIpc) is 3.55. The highest BCUT2D eigenvalue weighted by Crippen LogP contribution is 2.31. The van der Waals surface area contributed by atoms with Gasteiger partial charge in [0.05, 0.1) is 19.2 Å². The maximum absolute atomic E-state index is 13.5. The zero-order valence-corrected chi connectivity index (χ0v) is 23.8. The van der Waals surface area contributed by atoms with Crippen molar-refractivity contribution in [3.8, 4) is 5.75 Å². The summed E-state index contributed by atoms with van der Waals surface area (Å²) < 4.78 is 38.6. The first-order chi connectivity index (χ1) is 18.2. The van der Waals surface area contributed by atoms with Gasteiger partial charge in [-0.05, 0) is 60.8 Å². The molecule has 5 rings (SSSR count). The van der Waals surface area contributed by atoms with Gasteiger partial charge in [0.2, 0.25) is 5.91 Å². The first-order valence-corrected chi connectivity index (χ1v) is 13.9. The summed E-state index contributed by atoms with van der Waals surface area (Å²) in [6, 6.07) is 6.18. The van der Waals surface area contributed by atoms with Crippen molar-refractivity contribution in [3.63, 3.8) is 0 Å². The van der Waals surface area contributed by atoms with Gasteiger partial charge in [-0.1, -0.05) is 32.0 Å². The van der Waals surface area contributed by atoms with Gasteiger partial charge in [-0.15, -0.1) is 12.4 Å². The lowest BCUT2D eigenvalue weighted by Crippen LogP contribution is -2.49. The number of nitrogens with zero attached hydrogens (tertiary/aromatic N) is 4. The molecule has 3 aliphatic rings. The molecule has 1 aromatic heterocycles. The molecule has 2 aromatic rings. The van der Waals surface area contributed by atoms with Crippen molar-refractivity contribution in [1.82, 2.24) is 20.4 Å². The summed E-state index contributed by atoms with van der Waals surface area (Å²) in [5.74, 6) is 0.0364. The number of nitrogens with one attached hydrogen (secondary N) is 1. The molecule has 3 aliphatic heterocycles. The smallest absolute Gasteiger partial charge is 0.324 e. The summed E-state index contributed by atoms with van der Waals surface area (Å²) in [5.41, 5.74) is 2.17. The fourth-order valence-electron chi connectivity index (χ4n) is 5.75. The summed E-state index contributed by atoms with van der Waals surface area (Å²) in [7, 11) is 0. The number of hydrogen-bond donors (Lipinski definition) is 1. The Morgan fingerprint density at radius 1 is 1.21 bits per heavy atom. The summed E-state index contributed by atoms with van der Waals surface area (Å²) in [6.07, 6.45) is 3.43. The number of aromatic nitrogens is 2. The molecule has 2 saturated heterocycles. The number of rotatable bonds is 8. The fraction of sp³-hybridized carbons (Fsp3) is 0.679. The fourth-order valence-corrected chi connectivity index (χ4v) is 5.75. The molecule has 0 saturated carbocycles. The van der Waals surface area contributed by atoms with Crippen LogP contribution >= 0.6 is 12.4 Å². The minimum atomic E-state index is -2.77. The highest BCUT2D eigenvalue weighted by atomic mass is 35.5. The normalized spacial score (nSPS) is 21.9. The van der Waals surface area contributed by atoms with Gasteiger partial charge in [0, 0.05) is 38.5 Å². The molecular formula is C28H40ClF2N5O3. The van der Waals surface area contributed by atoms with E-state index in [4.69, 9.17) is 9.26 Å². The van der Waals surface area contributed by atoms with E-state index in [9.17, 15) is 13.6 Å². The number of carbonyl (C=O) groups is 1. The predicted octanol–water partition coefficient (Wildman–Crippen LogP) is 4.82. The molecular weight excluding hydrogens is 528 g/mol. The van der Waals surface area contributed by atoms with Crippen molar-refractivity contribution in [2.75, 3.05) is 37.7 Å².